The van der Waals surface area contributed by atoms with Crippen LogP contribution in [0, 0.1) is 0 Å². The number of aryl methyl sites for hydroxylation is 1. The van der Waals surface area contributed by atoms with E-state index in [9.17, 15) is 9.59 Å². The summed E-state index contributed by atoms with van der Waals surface area (Å²) in [6, 6.07) is 13.0. The summed E-state index contributed by atoms with van der Waals surface area (Å²) in [5.41, 5.74) is 2.36. The molecule has 6 nitrogen and oxygen atoms in total. The fourth-order valence-electron chi connectivity index (χ4n) is 3.21. The molecule has 26 heavy (non-hydrogen) atoms. The Bertz CT molecular complexity index is 797. The van der Waals surface area contributed by atoms with Gasteiger partial charge in [0.1, 0.15) is 17.1 Å². The van der Waals surface area contributed by atoms with Crippen LogP contribution in [-0.2, 0) is 11.2 Å². The Labute approximate surface area is 152 Å². The van der Waals surface area contributed by atoms with E-state index in [4.69, 9.17) is 9.47 Å². The minimum atomic E-state index is -0.405. The molecule has 0 aromatic heterocycles. The Morgan fingerprint density at radius 3 is 2.42 bits per heavy atom. The summed E-state index contributed by atoms with van der Waals surface area (Å²) >= 11 is 0. The van der Waals surface area contributed by atoms with Gasteiger partial charge in [0.05, 0.1) is 20.8 Å². The zero-order chi connectivity index (χ0) is 18.5. The highest BCUT2D eigenvalue weighted by Crippen LogP contribution is 2.28. The summed E-state index contributed by atoms with van der Waals surface area (Å²) in [7, 11) is 2.97. The second kappa shape index (κ2) is 7.91. The number of anilines is 1. The van der Waals surface area contributed by atoms with E-state index in [0.717, 1.165) is 24.1 Å². The summed E-state index contributed by atoms with van der Waals surface area (Å²) in [6.45, 7) is 0.568. The minimum Gasteiger partial charge on any atom is -0.496 e. The summed E-state index contributed by atoms with van der Waals surface area (Å²) in [5, 5.41) is 2.69. The van der Waals surface area contributed by atoms with Crippen molar-refractivity contribution in [2.75, 3.05) is 32.2 Å². The Balaban J connectivity index is 1.72. The molecule has 0 bridgehead atoms. The third kappa shape index (κ3) is 3.49. The van der Waals surface area contributed by atoms with Crippen LogP contribution in [0.25, 0.3) is 0 Å². The normalized spacial score (nSPS) is 12.9. The van der Waals surface area contributed by atoms with Gasteiger partial charge in [0, 0.05) is 12.2 Å². The van der Waals surface area contributed by atoms with E-state index in [1.165, 1.54) is 14.2 Å². The Hall–Kier alpha value is -3.02. The lowest BCUT2D eigenvalue weighted by atomic mass is 10.0. The molecule has 1 heterocycles. The van der Waals surface area contributed by atoms with Crippen molar-refractivity contribution in [1.29, 1.82) is 0 Å². The Morgan fingerprint density at radius 2 is 1.73 bits per heavy atom. The van der Waals surface area contributed by atoms with Crippen LogP contribution in [0.5, 0.6) is 11.5 Å². The van der Waals surface area contributed by atoms with Gasteiger partial charge in [-0.25, -0.2) is 0 Å². The van der Waals surface area contributed by atoms with Gasteiger partial charge in [-0.2, -0.15) is 0 Å². The number of nitrogens with one attached hydrogen (secondary N) is 1. The van der Waals surface area contributed by atoms with Crippen LogP contribution in [0.2, 0.25) is 0 Å². The highest BCUT2D eigenvalue weighted by Gasteiger charge is 2.24. The molecule has 0 saturated heterocycles. The van der Waals surface area contributed by atoms with E-state index < -0.39 is 5.91 Å². The molecule has 0 unspecified atom stereocenters. The second-order valence-corrected chi connectivity index (χ2v) is 6.00. The monoisotopic (exact) mass is 354 g/mol. The zero-order valence-electron chi connectivity index (χ0n) is 15.0. The first-order chi connectivity index (χ1) is 12.7. The van der Waals surface area contributed by atoms with Crippen molar-refractivity contribution in [3.05, 3.63) is 53.6 Å². The molecule has 0 spiro atoms. The Kier molecular flexibility index (Phi) is 5.41. The van der Waals surface area contributed by atoms with E-state index >= 15 is 0 Å². The summed E-state index contributed by atoms with van der Waals surface area (Å²) < 4.78 is 10.5. The molecular formula is C20H22N2O4. The van der Waals surface area contributed by atoms with E-state index in [0.29, 0.717) is 18.0 Å². The first-order valence-electron chi connectivity index (χ1n) is 8.53. The van der Waals surface area contributed by atoms with Gasteiger partial charge < -0.3 is 19.7 Å². The first-order valence-corrected chi connectivity index (χ1v) is 8.53. The van der Waals surface area contributed by atoms with Crippen molar-refractivity contribution < 1.29 is 19.1 Å². The van der Waals surface area contributed by atoms with E-state index in [2.05, 4.69) is 5.32 Å². The maximum atomic E-state index is 12.7. The van der Waals surface area contributed by atoms with Crippen molar-refractivity contribution in [3.8, 4) is 11.5 Å². The van der Waals surface area contributed by atoms with Gasteiger partial charge in [-0.1, -0.05) is 24.3 Å². The number of ether oxygens (including phenoxy) is 2. The standard InChI is InChI=1S/C20H22N2O4/c1-25-16-10-5-11-17(26-2)19(16)20(24)21-13-18(23)22-12-6-8-14-7-3-4-9-15(14)22/h3-5,7,9-11H,6,8,12-13H2,1-2H3,(H,21,24). The molecule has 3 rings (SSSR count). The SMILES string of the molecule is COc1cccc(OC)c1C(=O)NCC(=O)N1CCCc2ccccc21. The fraction of sp³-hybridized carbons (Fsp3) is 0.300. The molecule has 136 valence electrons. The van der Waals surface area contributed by atoms with Crippen molar-refractivity contribution in [2.45, 2.75) is 12.8 Å². The molecule has 6 heteroatoms. The molecule has 1 aliphatic rings. The molecule has 2 amide bonds. The number of para-hydroxylation sites is 1. The molecule has 1 N–H and O–H groups in total. The number of carbonyl (C=O) groups is 2. The average molecular weight is 354 g/mol. The number of methoxy groups -OCH3 is 2. The topological polar surface area (TPSA) is 67.9 Å². The van der Waals surface area contributed by atoms with Gasteiger partial charge in [0.2, 0.25) is 5.91 Å². The summed E-state index contributed by atoms with van der Waals surface area (Å²) in [6.07, 6.45) is 1.88. The van der Waals surface area contributed by atoms with Gasteiger partial charge in [-0.3, -0.25) is 9.59 Å². The smallest absolute Gasteiger partial charge is 0.259 e. The average Bonchev–Trinajstić information content (AvgIpc) is 2.70. The van der Waals surface area contributed by atoms with Crippen LogP contribution >= 0.6 is 0 Å². The number of fused-ring (bicyclic) bond motifs is 1. The molecule has 0 fully saturated rings. The lowest BCUT2D eigenvalue weighted by Crippen LogP contribution is -2.42. The maximum absolute atomic E-state index is 12.7. The fourth-order valence-corrected chi connectivity index (χ4v) is 3.21. The second-order valence-electron chi connectivity index (χ2n) is 6.00. The predicted molar refractivity (Wildman–Crippen MR) is 99.0 cm³/mol. The number of amides is 2. The number of nitrogens with zero attached hydrogens (tertiary/aromatic N) is 1. The van der Waals surface area contributed by atoms with Crippen molar-refractivity contribution in [1.82, 2.24) is 5.32 Å². The van der Waals surface area contributed by atoms with Crippen LogP contribution in [0.15, 0.2) is 42.5 Å². The van der Waals surface area contributed by atoms with E-state index in [1.54, 1.807) is 23.1 Å². The molecule has 0 saturated carbocycles. The minimum absolute atomic E-state index is 0.0889. The van der Waals surface area contributed by atoms with Gasteiger partial charge in [0.25, 0.3) is 5.91 Å². The number of benzene rings is 2. The van der Waals surface area contributed by atoms with Crippen molar-refractivity contribution >= 4 is 17.5 Å². The zero-order valence-corrected chi connectivity index (χ0v) is 15.0. The van der Waals surface area contributed by atoms with Crippen molar-refractivity contribution in [2.24, 2.45) is 0 Å². The molecule has 2 aromatic rings. The summed E-state index contributed by atoms with van der Waals surface area (Å²) in [4.78, 5) is 27.0. The summed E-state index contributed by atoms with van der Waals surface area (Å²) in [5.74, 6) is 0.257. The van der Waals surface area contributed by atoms with Crippen LogP contribution in [-0.4, -0.2) is 39.1 Å². The third-order valence-corrected chi connectivity index (χ3v) is 4.47. The largest absolute Gasteiger partial charge is 0.496 e. The number of rotatable bonds is 5. The predicted octanol–water partition coefficient (Wildman–Crippen LogP) is 2.41. The number of hydrogen-bond acceptors (Lipinski definition) is 4. The molecule has 0 radical (unpaired) electrons. The molecule has 0 atom stereocenters. The Morgan fingerprint density at radius 1 is 1.04 bits per heavy atom. The first kappa shape index (κ1) is 17.8. The highest BCUT2D eigenvalue weighted by molar-refractivity contribution is 6.03. The lowest BCUT2D eigenvalue weighted by molar-refractivity contribution is -0.117. The van der Waals surface area contributed by atoms with E-state index in [-0.39, 0.29) is 18.0 Å². The van der Waals surface area contributed by atoms with Gasteiger partial charge in [-0.15, -0.1) is 0 Å². The maximum Gasteiger partial charge on any atom is 0.259 e. The van der Waals surface area contributed by atoms with Crippen LogP contribution in [0.1, 0.15) is 22.3 Å². The van der Waals surface area contributed by atoms with Gasteiger partial charge >= 0.3 is 0 Å². The quantitative estimate of drug-likeness (QED) is 0.895. The number of carbonyl (C=O) groups excluding carboxylic acids is 2. The number of hydrogen-bond donors (Lipinski definition) is 1. The van der Waals surface area contributed by atoms with Crippen LogP contribution in [0.4, 0.5) is 5.69 Å². The van der Waals surface area contributed by atoms with Gasteiger partial charge in [0.15, 0.2) is 0 Å². The molecular weight excluding hydrogens is 332 g/mol. The lowest BCUT2D eigenvalue weighted by Gasteiger charge is -2.29. The third-order valence-electron chi connectivity index (χ3n) is 4.47. The van der Waals surface area contributed by atoms with Crippen LogP contribution < -0.4 is 19.7 Å². The van der Waals surface area contributed by atoms with Crippen molar-refractivity contribution in [3.63, 3.8) is 0 Å². The molecule has 2 aromatic carbocycles. The van der Waals surface area contributed by atoms with Gasteiger partial charge in [-0.05, 0) is 36.6 Å². The van der Waals surface area contributed by atoms with E-state index in [1.807, 2.05) is 24.3 Å². The molecule has 1 aliphatic heterocycles. The highest BCUT2D eigenvalue weighted by atomic mass is 16.5. The molecule has 0 aliphatic carbocycles. The van der Waals surface area contributed by atoms with Crippen LogP contribution in [0.3, 0.4) is 0 Å².